The van der Waals surface area contributed by atoms with Crippen molar-refractivity contribution < 1.29 is 52.8 Å². The largest absolute Gasteiger partial charge is 0.508 e. The molecular weight excluding hydrogens is 601 g/mol. The van der Waals surface area contributed by atoms with Crippen LogP contribution in [0.4, 0.5) is 18.9 Å². The van der Waals surface area contributed by atoms with Gasteiger partial charge in [0, 0.05) is 44.4 Å². The Labute approximate surface area is 256 Å². The summed E-state index contributed by atoms with van der Waals surface area (Å²) in [5.41, 5.74) is 1.39. The number of phenolic OH excluding ortho intramolecular Hbond substituents is 1. The van der Waals surface area contributed by atoms with Gasteiger partial charge in [-0.25, -0.2) is 0 Å². The van der Waals surface area contributed by atoms with Crippen molar-refractivity contribution in [3.8, 4) is 5.75 Å². The highest BCUT2D eigenvalue weighted by Gasteiger charge is 2.64. The lowest BCUT2D eigenvalue weighted by Gasteiger charge is -2.50. The Morgan fingerprint density at radius 2 is 1.67 bits per heavy atom. The van der Waals surface area contributed by atoms with Crippen molar-refractivity contribution in [3.63, 3.8) is 0 Å². The summed E-state index contributed by atoms with van der Waals surface area (Å²) < 4.78 is 39.6. The zero-order chi connectivity index (χ0) is 33.5. The summed E-state index contributed by atoms with van der Waals surface area (Å²) in [7, 11) is 6.29. The van der Waals surface area contributed by atoms with Crippen molar-refractivity contribution in [2.75, 3.05) is 46.2 Å². The van der Waals surface area contributed by atoms with Gasteiger partial charge in [0.25, 0.3) is 11.8 Å². The molecule has 0 bridgehead atoms. The molecule has 12 nitrogen and oxygen atoms in total. The number of piperidine rings is 1. The number of anilines is 1. The molecular formula is C30H35F3N4O8. The normalized spacial score (nSPS) is 27.4. The predicted octanol–water partition coefficient (Wildman–Crippen LogP) is 1.44. The molecule has 1 aromatic carbocycles. The minimum atomic E-state index is -4.40. The number of carbonyl (C=O) groups is 4. The van der Waals surface area contributed by atoms with Gasteiger partial charge in [0.15, 0.2) is 11.4 Å². The Morgan fingerprint density at radius 3 is 2.18 bits per heavy atom. The van der Waals surface area contributed by atoms with Crippen molar-refractivity contribution >= 4 is 34.8 Å². The highest BCUT2D eigenvalue weighted by molar-refractivity contribution is 6.24. The van der Waals surface area contributed by atoms with Gasteiger partial charge >= 0.3 is 6.18 Å². The van der Waals surface area contributed by atoms with Crippen LogP contribution in [0.5, 0.6) is 5.75 Å². The monoisotopic (exact) mass is 636 g/mol. The number of nitrogens with two attached hydrogens (primary N) is 1. The van der Waals surface area contributed by atoms with Gasteiger partial charge in [0.2, 0.25) is 5.78 Å². The Kier molecular flexibility index (Phi) is 7.72. The second-order valence-corrected chi connectivity index (χ2v) is 12.6. The average Bonchev–Trinajstić information content (AvgIpc) is 2.93. The summed E-state index contributed by atoms with van der Waals surface area (Å²) in [5.74, 6) is -10.5. The van der Waals surface area contributed by atoms with Crippen LogP contribution < -0.4 is 10.6 Å². The van der Waals surface area contributed by atoms with E-state index in [9.17, 15) is 52.8 Å². The number of hydrogen-bond donors (Lipinski definition) is 5. The standard InChI is InChI=1S/C30H35F3N4O8/c1-35(2)17-11-15(28(44)37-7-5-13(6-8-37)30(31,32)33)22(38)19-14(17)9-12-10-16-21(36(3)4)24(40)20(27(34)43)26(42)29(16,45)25(41)18(12)23(19)39/h11-13,16,21,38-39,42,45H,5-10H2,1-4H3,(H2,34,43)/t12-,16-,21-,29-/m0/s1. The number of likely N-dealkylation sites (tertiary alicyclic amines) is 1. The van der Waals surface area contributed by atoms with Gasteiger partial charge in [0.1, 0.15) is 22.8 Å². The van der Waals surface area contributed by atoms with Crippen LogP contribution in [0.3, 0.4) is 0 Å². The molecule has 5 rings (SSSR count). The number of nitrogens with zero attached hydrogens (tertiary/aromatic N) is 3. The van der Waals surface area contributed by atoms with E-state index in [1.54, 1.807) is 19.0 Å². The number of primary amides is 1. The van der Waals surface area contributed by atoms with E-state index in [4.69, 9.17) is 5.73 Å². The second kappa shape index (κ2) is 10.8. The Bertz CT molecular complexity index is 1580. The minimum Gasteiger partial charge on any atom is -0.508 e. The maximum atomic E-state index is 14.1. The smallest absolute Gasteiger partial charge is 0.391 e. The average molecular weight is 637 g/mol. The number of amides is 2. The topological polar surface area (TPSA) is 185 Å². The summed E-state index contributed by atoms with van der Waals surface area (Å²) in [6.45, 7) is -0.420. The Hall–Kier alpha value is -4.11. The van der Waals surface area contributed by atoms with Crippen LogP contribution >= 0.6 is 0 Å². The van der Waals surface area contributed by atoms with E-state index in [1.807, 2.05) is 0 Å². The second-order valence-electron chi connectivity index (χ2n) is 12.6. The van der Waals surface area contributed by atoms with Gasteiger partial charge < -0.3 is 36.0 Å². The van der Waals surface area contributed by atoms with Gasteiger partial charge in [-0.15, -0.1) is 0 Å². The first-order valence-corrected chi connectivity index (χ1v) is 14.4. The molecule has 1 aromatic rings. The van der Waals surface area contributed by atoms with Gasteiger partial charge in [-0.1, -0.05) is 0 Å². The van der Waals surface area contributed by atoms with E-state index >= 15 is 0 Å². The van der Waals surface area contributed by atoms with E-state index in [-0.39, 0.29) is 55.5 Å². The Morgan fingerprint density at radius 1 is 1.07 bits per heavy atom. The number of rotatable bonds is 4. The first kappa shape index (κ1) is 32.3. The minimum absolute atomic E-state index is 0.0149. The molecule has 4 atom stereocenters. The molecule has 1 heterocycles. The number of Topliss-reactive ketones (excluding diaryl/α,β-unsaturated/α-hetero) is 2. The molecule has 2 amide bonds. The van der Waals surface area contributed by atoms with Crippen molar-refractivity contribution in [1.82, 2.24) is 9.80 Å². The number of halogens is 3. The molecule has 0 radical (unpaired) electrons. The van der Waals surface area contributed by atoms with E-state index in [0.29, 0.717) is 11.3 Å². The molecule has 4 aliphatic rings. The number of aliphatic hydroxyl groups excluding tert-OH is 2. The fourth-order valence-corrected chi connectivity index (χ4v) is 7.43. The Balaban J connectivity index is 1.64. The van der Waals surface area contributed by atoms with Crippen molar-refractivity contribution in [2.24, 2.45) is 23.5 Å². The summed E-state index contributed by atoms with van der Waals surface area (Å²) >= 11 is 0. The van der Waals surface area contributed by atoms with Gasteiger partial charge in [-0.2, -0.15) is 13.2 Å². The molecule has 0 unspecified atom stereocenters. The lowest BCUT2D eigenvalue weighted by molar-refractivity contribution is -0.183. The third-order valence-electron chi connectivity index (χ3n) is 9.65. The zero-order valence-electron chi connectivity index (χ0n) is 25.1. The van der Waals surface area contributed by atoms with Crippen molar-refractivity contribution in [1.29, 1.82) is 0 Å². The van der Waals surface area contributed by atoms with Crippen LogP contribution in [-0.4, -0.2) is 113 Å². The first-order chi connectivity index (χ1) is 20.8. The summed E-state index contributed by atoms with van der Waals surface area (Å²) in [5, 5.41) is 45.8. The molecule has 244 valence electrons. The molecule has 1 saturated heterocycles. The number of likely N-dealkylation sites (N-methyl/N-ethyl adjacent to an activating group) is 1. The predicted molar refractivity (Wildman–Crippen MR) is 153 cm³/mol. The molecule has 3 aliphatic carbocycles. The number of ketones is 2. The molecule has 0 spiro atoms. The van der Waals surface area contributed by atoms with Crippen molar-refractivity contribution in [3.05, 3.63) is 39.7 Å². The highest BCUT2D eigenvalue weighted by atomic mass is 19.4. The molecule has 6 N–H and O–H groups in total. The number of hydrogen-bond acceptors (Lipinski definition) is 10. The van der Waals surface area contributed by atoms with Crippen LogP contribution in [0.15, 0.2) is 23.0 Å². The first-order valence-electron chi connectivity index (χ1n) is 14.4. The highest BCUT2D eigenvalue weighted by Crippen LogP contribution is 2.54. The molecule has 0 aromatic heterocycles. The molecule has 45 heavy (non-hydrogen) atoms. The number of alkyl halides is 3. The van der Waals surface area contributed by atoms with Crippen LogP contribution in [0.1, 0.15) is 40.7 Å². The summed E-state index contributed by atoms with van der Waals surface area (Å²) in [6, 6.07) is 0.150. The van der Waals surface area contributed by atoms with Crippen LogP contribution in [0, 0.1) is 17.8 Å². The zero-order valence-corrected chi connectivity index (χ0v) is 25.1. The summed E-state index contributed by atoms with van der Waals surface area (Å²) in [4.78, 5) is 57.3. The molecule has 1 aliphatic heterocycles. The lowest BCUT2D eigenvalue weighted by atomic mass is 9.57. The summed E-state index contributed by atoms with van der Waals surface area (Å²) in [6.07, 6.45) is -5.11. The van der Waals surface area contributed by atoms with Gasteiger partial charge in [0.05, 0.1) is 23.1 Å². The maximum absolute atomic E-state index is 14.1. The SMILES string of the molecule is CN(C)c1cc(C(=O)N2CCC(C(F)(F)F)CC2)c(O)c2c1C[C@H]1C[C@H]3[C@H](N(C)C)C(=O)C(C(N)=O)=C(O)[C@@]3(O)C(=O)C1=C2O. The van der Waals surface area contributed by atoms with E-state index < -0.39 is 81.8 Å². The van der Waals surface area contributed by atoms with Gasteiger partial charge in [-0.3, -0.25) is 24.1 Å². The molecule has 2 fully saturated rings. The number of aromatic hydroxyl groups is 1. The van der Waals surface area contributed by atoms with E-state index in [1.165, 1.54) is 30.0 Å². The van der Waals surface area contributed by atoms with Crippen molar-refractivity contribution in [2.45, 2.75) is 43.5 Å². The third kappa shape index (κ3) is 4.74. The number of carbonyl (C=O) groups excluding carboxylic acids is 4. The fraction of sp³-hybridized carbons (Fsp3) is 0.533. The number of fused-ring (bicyclic) bond motifs is 3. The van der Waals surface area contributed by atoms with E-state index in [0.717, 1.165) is 0 Å². The number of benzene rings is 1. The quantitative estimate of drug-likeness (QED) is 0.303. The van der Waals surface area contributed by atoms with Crippen LogP contribution in [0.2, 0.25) is 0 Å². The maximum Gasteiger partial charge on any atom is 0.391 e. The fourth-order valence-electron chi connectivity index (χ4n) is 7.43. The number of phenols is 1. The third-order valence-corrected chi connectivity index (χ3v) is 9.65. The van der Waals surface area contributed by atoms with E-state index in [2.05, 4.69) is 0 Å². The lowest BCUT2D eigenvalue weighted by Crippen LogP contribution is -2.65. The number of aliphatic hydroxyl groups is 3. The molecule has 1 saturated carbocycles. The van der Waals surface area contributed by atoms with Gasteiger partial charge in [-0.05, 0) is 57.3 Å². The molecule has 15 heteroatoms. The van der Waals surface area contributed by atoms with Crippen LogP contribution in [0.25, 0.3) is 5.76 Å². The van der Waals surface area contributed by atoms with Crippen LogP contribution in [-0.2, 0) is 20.8 Å².